The second kappa shape index (κ2) is 6.39. The Bertz CT molecular complexity index is 812. The van der Waals surface area contributed by atoms with E-state index in [9.17, 15) is 13.2 Å². The number of hydrogen-bond acceptors (Lipinski definition) is 2. The molecule has 0 aliphatic rings. The van der Waals surface area contributed by atoms with Gasteiger partial charge in [0.05, 0.1) is 11.4 Å². The molecular formula is C18H15F3N2O. The average molecular weight is 332 g/mol. The Labute approximate surface area is 137 Å². The van der Waals surface area contributed by atoms with Crippen molar-refractivity contribution in [2.24, 2.45) is 0 Å². The maximum Gasteiger partial charge on any atom is 0.438 e. The van der Waals surface area contributed by atoms with Gasteiger partial charge in [0, 0.05) is 0 Å². The highest BCUT2D eigenvalue weighted by atomic mass is 19.4. The number of nitrogens with zero attached hydrogens (tertiary/aromatic N) is 2. The molecule has 124 valence electrons. The molecule has 3 nitrogen and oxygen atoms in total. The maximum atomic E-state index is 13.3. The molecule has 6 heteroatoms. The summed E-state index contributed by atoms with van der Waals surface area (Å²) in [5.74, 6) is -0.241. The maximum absolute atomic E-state index is 13.3. The molecule has 0 saturated heterocycles. The van der Waals surface area contributed by atoms with Crippen LogP contribution in [0.15, 0.2) is 60.7 Å². The van der Waals surface area contributed by atoms with E-state index in [-0.39, 0.29) is 12.4 Å². The van der Waals surface area contributed by atoms with Gasteiger partial charge in [0.15, 0.2) is 5.75 Å². The highest BCUT2D eigenvalue weighted by molar-refractivity contribution is 5.42. The van der Waals surface area contributed by atoms with E-state index >= 15 is 0 Å². The van der Waals surface area contributed by atoms with Crippen LogP contribution in [0.3, 0.4) is 0 Å². The zero-order valence-corrected chi connectivity index (χ0v) is 12.9. The summed E-state index contributed by atoms with van der Waals surface area (Å²) in [6, 6.07) is 17.7. The second-order valence-corrected chi connectivity index (χ2v) is 5.28. The minimum atomic E-state index is -4.59. The number of rotatable bonds is 4. The van der Waals surface area contributed by atoms with Crippen molar-refractivity contribution in [3.05, 3.63) is 77.6 Å². The van der Waals surface area contributed by atoms with Crippen LogP contribution in [0, 0.1) is 6.92 Å². The number of aromatic nitrogens is 2. The largest absolute Gasteiger partial charge is 0.485 e. The van der Waals surface area contributed by atoms with Gasteiger partial charge in [-0.05, 0) is 24.6 Å². The number of halogens is 3. The van der Waals surface area contributed by atoms with Gasteiger partial charge in [-0.3, -0.25) is 0 Å². The predicted molar refractivity (Wildman–Crippen MR) is 84.1 cm³/mol. The summed E-state index contributed by atoms with van der Waals surface area (Å²) in [5, 5.41) is 3.73. The third-order valence-electron chi connectivity index (χ3n) is 3.56. The molecule has 0 spiro atoms. The Kier molecular flexibility index (Phi) is 4.29. The van der Waals surface area contributed by atoms with E-state index in [1.165, 1.54) is 4.68 Å². The van der Waals surface area contributed by atoms with E-state index in [0.29, 0.717) is 11.4 Å². The molecule has 0 fully saturated rings. The van der Waals surface area contributed by atoms with Crippen LogP contribution in [0.1, 0.15) is 17.0 Å². The van der Waals surface area contributed by atoms with Gasteiger partial charge in [0.1, 0.15) is 6.61 Å². The molecule has 24 heavy (non-hydrogen) atoms. The molecule has 0 N–H and O–H groups in total. The zero-order chi connectivity index (χ0) is 17.2. The quantitative estimate of drug-likeness (QED) is 0.687. The fraction of sp³-hybridized carbons (Fsp3) is 0.167. The van der Waals surface area contributed by atoms with Gasteiger partial charge in [-0.1, -0.05) is 48.5 Å². The van der Waals surface area contributed by atoms with Crippen molar-refractivity contribution in [3.63, 3.8) is 0 Å². The lowest BCUT2D eigenvalue weighted by atomic mass is 10.2. The molecule has 0 aliphatic heterocycles. The second-order valence-electron chi connectivity index (χ2n) is 5.28. The van der Waals surface area contributed by atoms with E-state index in [2.05, 4.69) is 5.10 Å². The Morgan fingerprint density at radius 2 is 1.54 bits per heavy atom. The van der Waals surface area contributed by atoms with Crippen molar-refractivity contribution in [1.82, 2.24) is 9.78 Å². The summed E-state index contributed by atoms with van der Waals surface area (Å²) in [4.78, 5) is 0. The van der Waals surface area contributed by atoms with Crippen LogP contribution in [0.4, 0.5) is 13.2 Å². The number of alkyl halides is 3. The van der Waals surface area contributed by atoms with Crippen LogP contribution in [-0.2, 0) is 12.8 Å². The van der Waals surface area contributed by atoms with E-state index in [0.717, 1.165) is 5.56 Å². The molecule has 0 amide bonds. The molecule has 0 radical (unpaired) electrons. The fourth-order valence-electron chi connectivity index (χ4n) is 2.40. The summed E-state index contributed by atoms with van der Waals surface area (Å²) in [6.45, 7) is 1.61. The summed E-state index contributed by atoms with van der Waals surface area (Å²) >= 11 is 0. The van der Waals surface area contributed by atoms with Crippen molar-refractivity contribution < 1.29 is 17.9 Å². The van der Waals surface area contributed by atoms with Crippen LogP contribution in [0.5, 0.6) is 5.75 Å². The van der Waals surface area contributed by atoms with Gasteiger partial charge >= 0.3 is 6.18 Å². The first-order valence-electron chi connectivity index (χ1n) is 7.36. The molecule has 0 bridgehead atoms. The molecule has 1 aromatic heterocycles. The molecular weight excluding hydrogens is 317 g/mol. The highest BCUT2D eigenvalue weighted by Crippen LogP contribution is 2.38. The lowest BCUT2D eigenvalue weighted by Crippen LogP contribution is -2.09. The van der Waals surface area contributed by atoms with E-state index < -0.39 is 11.9 Å². The molecule has 2 aromatic carbocycles. The Morgan fingerprint density at radius 3 is 2.12 bits per heavy atom. The first-order valence-corrected chi connectivity index (χ1v) is 7.36. The molecule has 3 rings (SSSR count). The van der Waals surface area contributed by atoms with Crippen LogP contribution in [0.2, 0.25) is 0 Å². The highest BCUT2D eigenvalue weighted by Gasteiger charge is 2.40. The van der Waals surface area contributed by atoms with Crippen LogP contribution in [-0.4, -0.2) is 9.78 Å². The molecule has 1 heterocycles. The van der Waals surface area contributed by atoms with Crippen molar-refractivity contribution in [2.45, 2.75) is 19.7 Å². The molecule has 0 aliphatic carbocycles. The lowest BCUT2D eigenvalue weighted by Gasteiger charge is -2.09. The van der Waals surface area contributed by atoms with Gasteiger partial charge in [-0.2, -0.15) is 18.3 Å². The molecule has 0 unspecified atom stereocenters. The van der Waals surface area contributed by atoms with Crippen LogP contribution >= 0.6 is 0 Å². The first-order chi connectivity index (χ1) is 11.5. The third kappa shape index (κ3) is 3.27. The molecule has 0 saturated carbocycles. The van der Waals surface area contributed by atoms with E-state index in [1.807, 2.05) is 18.2 Å². The summed E-state index contributed by atoms with van der Waals surface area (Å²) in [6.07, 6.45) is -4.59. The third-order valence-corrected chi connectivity index (χ3v) is 3.56. The average Bonchev–Trinajstić information content (AvgIpc) is 2.92. The summed E-state index contributed by atoms with van der Waals surface area (Å²) < 4.78 is 46.7. The lowest BCUT2D eigenvalue weighted by molar-refractivity contribution is -0.142. The number of hydrogen-bond donors (Lipinski definition) is 0. The topological polar surface area (TPSA) is 27.1 Å². The van der Waals surface area contributed by atoms with E-state index in [1.54, 1.807) is 49.4 Å². The summed E-state index contributed by atoms with van der Waals surface area (Å²) in [5.41, 5.74) is 0.636. The van der Waals surface area contributed by atoms with Gasteiger partial charge in [0.25, 0.3) is 0 Å². The fourth-order valence-corrected chi connectivity index (χ4v) is 2.40. The Morgan fingerprint density at radius 1 is 0.958 bits per heavy atom. The first kappa shape index (κ1) is 16.1. The summed E-state index contributed by atoms with van der Waals surface area (Å²) in [7, 11) is 0. The van der Waals surface area contributed by atoms with Gasteiger partial charge in [-0.25, -0.2) is 4.68 Å². The van der Waals surface area contributed by atoms with Gasteiger partial charge in [0.2, 0.25) is 5.69 Å². The Balaban J connectivity index is 1.99. The van der Waals surface area contributed by atoms with Crippen molar-refractivity contribution >= 4 is 0 Å². The smallest absolute Gasteiger partial charge is 0.438 e. The van der Waals surface area contributed by atoms with Crippen molar-refractivity contribution in [1.29, 1.82) is 0 Å². The van der Waals surface area contributed by atoms with Crippen molar-refractivity contribution in [2.75, 3.05) is 0 Å². The monoisotopic (exact) mass is 332 g/mol. The van der Waals surface area contributed by atoms with Gasteiger partial charge in [-0.15, -0.1) is 0 Å². The van der Waals surface area contributed by atoms with E-state index in [4.69, 9.17) is 4.74 Å². The van der Waals surface area contributed by atoms with Crippen LogP contribution < -0.4 is 4.74 Å². The standard InChI is InChI=1S/C18H15F3N2O/c1-13-16(24-12-14-8-4-2-5-9-14)17(18(19,20)21)22-23(13)15-10-6-3-7-11-15/h2-11H,12H2,1H3. The molecule has 0 atom stereocenters. The molecule has 3 aromatic rings. The van der Waals surface area contributed by atoms with Gasteiger partial charge < -0.3 is 4.74 Å². The minimum Gasteiger partial charge on any atom is -0.485 e. The zero-order valence-electron chi connectivity index (χ0n) is 12.9. The number of benzene rings is 2. The Hall–Kier alpha value is -2.76. The van der Waals surface area contributed by atoms with Crippen molar-refractivity contribution in [3.8, 4) is 11.4 Å². The predicted octanol–water partition coefficient (Wildman–Crippen LogP) is 4.78. The van der Waals surface area contributed by atoms with Crippen LogP contribution in [0.25, 0.3) is 5.69 Å². The normalized spacial score (nSPS) is 11.5. The minimum absolute atomic E-state index is 0.0469. The number of para-hydroxylation sites is 1. The SMILES string of the molecule is Cc1c(OCc2ccccc2)c(C(F)(F)F)nn1-c1ccccc1. The number of ether oxygens (including phenoxy) is 1.